The van der Waals surface area contributed by atoms with Gasteiger partial charge in [-0.25, -0.2) is 13.2 Å². The second kappa shape index (κ2) is 7.01. The molecule has 2 N–H and O–H groups in total. The van der Waals surface area contributed by atoms with Crippen LogP contribution in [0.25, 0.3) is 11.0 Å². The van der Waals surface area contributed by atoms with E-state index in [0.29, 0.717) is 49.2 Å². The van der Waals surface area contributed by atoms with Crippen molar-refractivity contribution < 1.29 is 13.2 Å². The van der Waals surface area contributed by atoms with Gasteiger partial charge < -0.3 is 14.9 Å². The zero-order valence-corrected chi connectivity index (χ0v) is 14.9. The predicted molar refractivity (Wildman–Crippen MR) is 95.1 cm³/mol. The van der Waals surface area contributed by atoms with Crippen molar-refractivity contribution in [3.05, 3.63) is 34.2 Å². The maximum Gasteiger partial charge on any atom is 0.323 e. The van der Waals surface area contributed by atoms with E-state index in [4.69, 9.17) is 0 Å². The number of hydrogen-bond donors (Lipinski definition) is 2. The number of amides is 1. The van der Waals surface area contributed by atoms with Crippen LogP contribution in [0.5, 0.6) is 0 Å². The molecule has 0 radical (unpaired) electrons. The Hall–Kier alpha value is -2.13. The molecule has 136 valence electrons. The van der Waals surface area contributed by atoms with Crippen LogP contribution >= 0.6 is 0 Å². The summed E-state index contributed by atoms with van der Waals surface area (Å²) in [6.45, 7) is 3.33. The maximum atomic E-state index is 12.6. The molecule has 1 aromatic carbocycles. The van der Waals surface area contributed by atoms with Crippen LogP contribution in [0.3, 0.4) is 0 Å². The Morgan fingerprint density at radius 2 is 1.80 bits per heavy atom. The normalized spacial score (nSPS) is 16.4. The molecule has 0 bridgehead atoms. The second-order valence-corrected chi connectivity index (χ2v) is 8.29. The first-order valence-corrected chi connectivity index (χ1v) is 10.0. The van der Waals surface area contributed by atoms with Crippen LogP contribution in [-0.4, -0.2) is 65.4 Å². The van der Waals surface area contributed by atoms with Crippen molar-refractivity contribution in [2.24, 2.45) is 0 Å². The lowest BCUT2D eigenvalue weighted by atomic mass is 10.1. The van der Waals surface area contributed by atoms with Crippen LogP contribution < -0.4 is 5.69 Å². The number of rotatable bonds is 5. The van der Waals surface area contributed by atoms with Crippen LogP contribution in [0, 0.1) is 0 Å². The molecule has 1 fully saturated rings. The molecule has 1 aliphatic rings. The number of fused-ring (bicyclic) bond motifs is 1. The predicted octanol–water partition coefficient (Wildman–Crippen LogP) is 0.744. The molecule has 2 heterocycles. The van der Waals surface area contributed by atoms with Crippen molar-refractivity contribution >= 4 is 27.0 Å². The molecule has 0 saturated carbocycles. The SMILES string of the molecule is CCCCS(=O)(=O)N1CCN(C(=O)c2ccc3[nH]c(=O)[nH]c3c2)CC1. The minimum Gasteiger partial charge on any atom is -0.336 e. The van der Waals surface area contributed by atoms with Crippen LogP contribution in [0.2, 0.25) is 0 Å². The van der Waals surface area contributed by atoms with Crippen molar-refractivity contribution in [3.63, 3.8) is 0 Å². The number of aromatic amines is 2. The lowest BCUT2D eigenvalue weighted by molar-refractivity contribution is 0.0698. The van der Waals surface area contributed by atoms with Gasteiger partial charge in [0.25, 0.3) is 5.91 Å². The first-order valence-electron chi connectivity index (χ1n) is 8.40. The summed E-state index contributed by atoms with van der Waals surface area (Å²) in [5.74, 6) is 0.00385. The third kappa shape index (κ3) is 3.77. The van der Waals surface area contributed by atoms with E-state index in [-0.39, 0.29) is 17.3 Å². The summed E-state index contributed by atoms with van der Waals surface area (Å²) in [6.07, 6.45) is 1.48. The fourth-order valence-electron chi connectivity index (χ4n) is 2.97. The quantitative estimate of drug-likeness (QED) is 0.814. The molecule has 25 heavy (non-hydrogen) atoms. The first kappa shape index (κ1) is 17.7. The molecule has 8 nitrogen and oxygen atoms in total. The number of H-pyrrole nitrogens is 2. The highest BCUT2D eigenvalue weighted by molar-refractivity contribution is 7.89. The van der Waals surface area contributed by atoms with Gasteiger partial charge in [0.2, 0.25) is 10.0 Å². The highest BCUT2D eigenvalue weighted by Gasteiger charge is 2.28. The number of unbranched alkanes of at least 4 members (excludes halogenated alkanes) is 1. The van der Waals surface area contributed by atoms with Crippen molar-refractivity contribution in [1.29, 1.82) is 0 Å². The molecule has 2 aromatic rings. The number of imidazole rings is 1. The van der Waals surface area contributed by atoms with Gasteiger partial charge in [0.1, 0.15) is 0 Å². The fraction of sp³-hybridized carbons (Fsp3) is 0.500. The standard InChI is InChI=1S/C16H22N4O4S/c1-2-3-10-25(23,24)20-8-6-19(7-9-20)15(21)12-4-5-13-14(11-12)18-16(22)17-13/h4-5,11H,2-3,6-10H2,1H3,(H2,17,18,22). The van der Waals surface area contributed by atoms with Gasteiger partial charge in [-0.05, 0) is 24.6 Å². The summed E-state index contributed by atoms with van der Waals surface area (Å²) >= 11 is 0. The van der Waals surface area contributed by atoms with Crippen molar-refractivity contribution in [2.45, 2.75) is 19.8 Å². The summed E-state index contributed by atoms with van der Waals surface area (Å²) in [6, 6.07) is 4.99. The van der Waals surface area contributed by atoms with E-state index in [1.165, 1.54) is 4.31 Å². The maximum absolute atomic E-state index is 12.6. The van der Waals surface area contributed by atoms with E-state index in [1.54, 1.807) is 23.1 Å². The minimum absolute atomic E-state index is 0.158. The summed E-state index contributed by atoms with van der Waals surface area (Å²) in [5.41, 5.74) is 1.39. The van der Waals surface area contributed by atoms with Gasteiger partial charge >= 0.3 is 5.69 Å². The van der Waals surface area contributed by atoms with Crippen molar-refractivity contribution in [2.75, 3.05) is 31.9 Å². The number of benzene rings is 1. The summed E-state index contributed by atoms with van der Waals surface area (Å²) in [4.78, 5) is 30.9. The molecule has 0 atom stereocenters. The topological polar surface area (TPSA) is 106 Å². The van der Waals surface area contributed by atoms with E-state index in [2.05, 4.69) is 9.97 Å². The van der Waals surface area contributed by atoms with Gasteiger partial charge in [-0.1, -0.05) is 13.3 Å². The highest BCUT2D eigenvalue weighted by atomic mass is 32.2. The number of hydrogen-bond acceptors (Lipinski definition) is 4. The van der Waals surface area contributed by atoms with Crippen LogP contribution in [0.1, 0.15) is 30.1 Å². The Morgan fingerprint density at radius 1 is 1.12 bits per heavy atom. The second-order valence-electron chi connectivity index (χ2n) is 6.20. The van der Waals surface area contributed by atoms with Crippen molar-refractivity contribution in [1.82, 2.24) is 19.2 Å². The number of carbonyl (C=O) groups is 1. The average molecular weight is 366 g/mol. The van der Waals surface area contributed by atoms with Crippen molar-refractivity contribution in [3.8, 4) is 0 Å². The number of nitrogens with one attached hydrogen (secondary N) is 2. The van der Waals surface area contributed by atoms with E-state index >= 15 is 0 Å². The molecule has 0 spiro atoms. The highest BCUT2D eigenvalue weighted by Crippen LogP contribution is 2.15. The van der Waals surface area contributed by atoms with Crippen LogP contribution in [0.4, 0.5) is 0 Å². The molecule has 1 amide bonds. The van der Waals surface area contributed by atoms with E-state index in [0.717, 1.165) is 6.42 Å². The van der Waals surface area contributed by atoms with Gasteiger partial charge in [-0.2, -0.15) is 4.31 Å². The summed E-state index contributed by atoms with van der Waals surface area (Å²) in [5, 5.41) is 0. The van der Waals surface area contributed by atoms with E-state index in [9.17, 15) is 18.0 Å². The Labute approximate surface area is 145 Å². The Balaban J connectivity index is 1.67. The Morgan fingerprint density at radius 3 is 2.48 bits per heavy atom. The molecular formula is C16H22N4O4S. The number of piperazine rings is 1. The molecule has 1 aliphatic heterocycles. The molecule has 0 unspecified atom stereocenters. The number of nitrogens with zero attached hydrogens (tertiary/aromatic N) is 2. The zero-order valence-electron chi connectivity index (χ0n) is 14.1. The molecular weight excluding hydrogens is 344 g/mol. The first-order chi connectivity index (χ1) is 11.9. The van der Waals surface area contributed by atoms with Gasteiger partial charge in [-0.15, -0.1) is 0 Å². The minimum atomic E-state index is -3.23. The smallest absolute Gasteiger partial charge is 0.323 e. The lowest BCUT2D eigenvalue weighted by Gasteiger charge is -2.34. The van der Waals surface area contributed by atoms with Crippen LogP contribution in [0.15, 0.2) is 23.0 Å². The van der Waals surface area contributed by atoms with Gasteiger partial charge in [0, 0.05) is 31.7 Å². The monoisotopic (exact) mass is 366 g/mol. The lowest BCUT2D eigenvalue weighted by Crippen LogP contribution is -2.51. The zero-order chi connectivity index (χ0) is 18.0. The largest absolute Gasteiger partial charge is 0.336 e. The summed E-state index contributed by atoms with van der Waals surface area (Å²) in [7, 11) is -3.23. The Bertz CT molecular complexity index is 923. The Kier molecular flexibility index (Phi) is 4.96. The van der Waals surface area contributed by atoms with E-state index < -0.39 is 10.0 Å². The van der Waals surface area contributed by atoms with E-state index in [1.807, 2.05) is 6.92 Å². The molecule has 1 saturated heterocycles. The fourth-order valence-corrected chi connectivity index (χ4v) is 4.60. The summed E-state index contributed by atoms with van der Waals surface area (Å²) < 4.78 is 25.9. The number of carbonyl (C=O) groups excluding carboxylic acids is 1. The van der Waals surface area contributed by atoms with Crippen LogP contribution in [-0.2, 0) is 10.0 Å². The van der Waals surface area contributed by atoms with Gasteiger partial charge in [0.05, 0.1) is 16.8 Å². The molecule has 0 aliphatic carbocycles. The molecule has 1 aromatic heterocycles. The van der Waals surface area contributed by atoms with Gasteiger partial charge in [0.15, 0.2) is 0 Å². The third-order valence-corrected chi connectivity index (χ3v) is 6.39. The van der Waals surface area contributed by atoms with Gasteiger partial charge in [-0.3, -0.25) is 4.79 Å². The number of sulfonamides is 1. The third-order valence-electron chi connectivity index (χ3n) is 4.44. The molecule has 3 rings (SSSR count). The number of aromatic nitrogens is 2. The molecule has 9 heteroatoms. The average Bonchev–Trinajstić information content (AvgIpc) is 2.98.